The van der Waals surface area contributed by atoms with Crippen LogP contribution in [0.2, 0.25) is 0 Å². The summed E-state index contributed by atoms with van der Waals surface area (Å²) in [5, 5.41) is 9.80. The molecule has 1 aliphatic heterocycles. The van der Waals surface area contributed by atoms with Crippen LogP contribution in [0.3, 0.4) is 0 Å². The molecule has 1 aromatic rings. The SMILES string of the molecule is CC[C@@H](O)c1ccc(N2CCCC(C(C)C)CC2)cn1. The van der Waals surface area contributed by atoms with E-state index in [-0.39, 0.29) is 0 Å². The number of nitrogens with zero attached hydrogens (tertiary/aromatic N) is 2. The van der Waals surface area contributed by atoms with E-state index >= 15 is 0 Å². The van der Waals surface area contributed by atoms with Gasteiger partial charge in [0.25, 0.3) is 0 Å². The molecule has 0 spiro atoms. The topological polar surface area (TPSA) is 36.4 Å². The van der Waals surface area contributed by atoms with Gasteiger partial charge < -0.3 is 10.0 Å². The van der Waals surface area contributed by atoms with Crippen molar-refractivity contribution in [1.29, 1.82) is 0 Å². The summed E-state index contributed by atoms with van der Waals surface area (Å²) in [6.45, 7) is 8.90. The number of aliphatic hydroxyl groups is 1. The summed E-state index contributed by atoms with van der Waals surface area (Å²) in [5.74, 6) is 1.64. The summed E-state index contributed by atoms with van der Waals surface area (Å²) in [4.78, 5) is 6.86. The van der Waals surface area contributed by atoms with Crippen molar-refractivity contribution >= 4 is 5.69 Å². The average Bonchev–Trinajstić information content (AvgIpc) is 2.72. The Hall–Kier alpha value is -1.09. The van der Waals surface area contributed by atoms with Gasteiger partial charge in [-0.15, -0.1) is 0 Å². The number of aromatic nitrogens is 1. The highest BCUT2D eigenvalue weighted by Crippen LogP contribution is 2.27. The molecule has 1 unspecified atom stereocenters. The second-order valence-corrected chi connectivity index (χ2v) is 6.29. The molecule has 1 aromatic heterocycles. The molecular formula is C17H28N2O. The predicted octanol–water partition coefficient (Wildman–Crippen LogP) is 3.79. The van der Waals surface area contributed by atoms with E-state index in [1.807, 2.05) is 19.2 Å². The van der Waals surface area contributed by atoms with Gasteiger partial charge in [-0.2, -0.15) is 0 Å². The van der Waals surface area contributed by atoms with Crippen LogP contribution in [0.1, 0.15) is 58.3 Å². The molecule has 2 atom stereocenters. The second kappa shape index (κ2) is 7.07. The summed E-state index contributed by atoms with van der Waals surface area (Å²) < 4.78 is 0. The van der Waals surface area contributed by atoms with Gasteiger partial charge in [-0.1, -0.05) is 20.8 Å². The number of pyridine rings is 1. The molecule has 2 rings (SSSR count). The normalized spacial score (nSPS) is 21.9. The number of hydrogen-bond donors (Lipinski definition) is 1. The molecule has 20 heavy (non-hydrogen) atoms. The molecule has 3 heteroatoms. The Morgan fingerprint density at radius 2 is 2.10 bits per heavy atom. The monoisotopic (exact) mass is 276 g/mol. The van der Waals surface area contributed by atoms with Gasteiger partial charge in [0, 0.05) is 13.1 Å². The first kappa shape index (κ1) is 15.3. The van der Waals surface area contributed by atoms with Crippen LogP contribution in [0.5, 0.6) is 0 Å². The van der Waals surface area contributed by atoms with Crippen molar-refractivity contribution < 1.29 is 5.11 Å². The van der Waals surface area contributed by atoms with Gasteiger partial charge in [0.05, 0.1) is 23.7 Å². The summed E-state index contributed by atoms with van der Waals surface area (Å²) in [5.41, 5.74) is 1.98. The second-order valence-electron chi connectivity index (χ2n) is 6.29. The standard InChI is InChI=1S/C17H28N2O/c1-4-17(20)16-8-7-15(12-18-16)19-10-5-6-14(9-11-19)13(2)3/h7-8,12-14,17,20H,4-6,9-11H2,1-3H3/t14?,17-/m1/s1. The molecule has 112 valence electrons. The van der Waals surface area contributed by atoms with E-state index in [1.165, 1.54) is 24.9 Å². The Kier molecular flexibility index (Phi) is 5.41. The quantitative estimate of drug-likeness (QED) is 0.909. The number of anilines is 1. The minimum atomic E-state index is -0.432. The zero-order chi connectivity index (χ0) is 14.5. The maximum Gasteiger partial charge on any atom is 0.0957 e. The molecule has 0 aliphatic carbocycles. The molecule has 2 heterocycles. The lowest BCUT2D eigenvalue weighted by atomic mass is 9.89. The molecular weight excluding hydrogens is 248 g/mol. The van der Waals surface area contributed by atoms with E-state index in [0.717, 1.165) is 30.6 Å². The highest BCUT2D eigenvalue weighted by molar-refractivity contribution is 5.44. The van der Waals surface area contributed by atoms with Crippen LogP contribution in [0, 0.1) is 11.8 Å². The summed E-state index contributed by atoms with van der Waals surface area (Å²) in [6.07, 6.45) is 6.09. The minimum absolute atomic E-state index is 0.432. The molecule has 0 saturated carbocycles. The molecule has 1 saturated heterocycles. The Morgan fingerprint density at radius 3 is 2.70 bits per heavy atom. The van der Waals surface area contributed by atoms with E-state index in [2.05, 4.69) is 29.8 Å². The van der Waals surface area contributed by atoms with Crippen LogP contribution in [0.4, 0.5) is 5.69 Å². The van der Waals surface area contributed by atoms with Crippen molar-refractivity contribution in [3.8, 4) is 0 Å². The van der Waals surface area contributed by atoms with Crippen LogP contribution in [0.15, 0.2) is 18.3 Å². The van der Waals surface area contributed by atoms with Crippen molar-refractivity contribution in [2.45, 2.75) is 52.6 Å². The first-order chi connectivity index (χ1) is 9.61. The highest BCUT2D eigenvalue weighted by Gasteiger charge is 2.20. The lowest BCUT2D eigenvalue weighted by Crippen LogP contribution is -2.24. The minimum Gasteiger partial charge on any atom is -0.387 e. The fraction of sp³-hybridized carbons (Fsp3) is 0.706. The van der Waals surface area contributed by atoms with Gasteiger partial charge in [0.1, 0.15) is 0 Å². The highest BCUT2D eigenvalue weighted by atomic mass is 16.3. The zero-order valence-electron chi connectivity index (χ0n) is 13.0. The van der Waals surface area contributed by atoms with Gasteiger partial charge in [-0.3, -0.25) is 4.98 Å². The van der Waals surface area contributed by atoms with Crippen LogP contribution in [0.25, 0.3) is 0 Å². The van der Waals surface area contributed by atoms with E-state index in [1.54, 1.807) is 0 Å². The molecule has 0 aromatic carbocycles. The van der Waals surface area contributed by atoms with E-state index in [0.29, 0.717) is 6.42 Å². The summed E-state index contributed by atoms with van der Waals surface area (Å²) in [7, 11) is 0. The third kappa shape index (κ3) is 3.72. The van der Waals surface area contributed by atoms with Crippen LogP contribution < -0.4 is 4.90 Å². The van der Waals surface area contributed by atoms with Crippen molar-refractivity contribution in [1.82, 2.24) is 4.98 Å². The predicted molar refractivity (Wildman–Crippen MR) is 83.9 cm³/mol. The Bertz CT molecular complexity index is 402. The van der Waals surface area contributed by atoms with Crippen molar-refractivity contribution in [2.75, 3.05) is 18.0 Å². The number of aliphatic hydroxyl groups excluding tert-OH is 1. The third-order valence-electron chi connectivity index (χ3n) is 4.58. The number of rotatable bonds is 4. The Morgan fingerprint density at radius 1 is 1.30 bits per heavy atom. The Labute approximate surface area is 123 Å². The van der Waals surface area contributed by atoms with Gasteiger partial charge >= 0.3 is 0 Å². The molecule has 0 radical (unpaired) electrons. The van der Waals surface area contributed by atoms with E-state index < -0.39 is 6.10 Å². The van der Waals surface area contributed by atoms with Crippen molar-refractivity contribution in [2.24, 2.45) is 11.8 Å². The van der Waals surface area contributed by atoms with Gasteiger partial charge in [0.15, 0.2) is 0 Å². The van der Waals surface area contributed by atoms with Gasteiger partial charge in [-0.05, 0) is 49.7 Å². The third-order valence-corrected chi connectivity index (χ3v) is 4.58. The number of hydrogen-bond acceptors (Lipinski definition) is 3. The smallest absolute Gasteiger partial charge is 0.0957 e. The molecule has 1 fully saturated rings. The van der Waals surface area contributed by atoms with Crippen molar-refractivity contribution in [3.05, 3.63) is 24.0 Å². The molecule has 1 N–H and O–H groups in total. The lowest BCUT2D eigenvalue weighted by molar-refractivity contribution is 0.169. The summed E-state index contributed by atoms with van der Waals surface area (Å²) >= 11 is 0. The molecule has 0 bridgehead atoms. The first-order valence-corrected chi connectivity index (χ1v) is 8.00. The molecule has 3 nitrogen and oxygen atoms in total. The first-order valence-electron chi connectivity index (χ1n) is 8.00. The summed E-state index contributed by atoms with van der Waals surface area (Å²) in [6, 6.07) is 4.07. The zero-order valence-corrected chi connectivity index (χ0v) is 13.0. The van der Waals surface area contributed by atoms with Crippen molar-refractivity contribution in [3.63, 3.8) is 0 Å². The lowest BCUT2D eigenvalue weighted by Gasteiger charge is -2.23. The Balaban J connectivity index is 2.01. The van der Waals surface area contributed by atoms with Gasteiger partial charge in [0.2, 0.25) is 0 Å². The average molecular weight is 276 g/mol. The molecule has 1 aliphatic rings. The molecule has 0 amide bonds. The van der Waals surface area contributed by atoms with Crippen LogP contribution >= 0.6 is 0 Å². The van der Waals surface area contributed by atoms with Crippen LogP contribution in [-0.2, 0) is 0 Å². The van der Waals surface area contributed by atoms with Crippen LogP contribution in [-0.4, -0.2) is 23.2 Å². The van der Waals surface area contributed by atoms with E-state index in [4.69, 9.17) is 0 Å². The fourth-order valence-electron chi connectivity index (χ4n) is 3.04. The van der Waals surface area contributed by atoms with Gasteiger partial charge in [-0.25, -0.2) is 0 Å². The largest absolute Gasteiger partial charge is 0.387 e. The van der Waals surface area contributed by atoms with E-state index in [9.17, 15) is 5.11 Å². The maximum absolute atomic E-state index is 9.80. The fourth-order valence-corrected chi connectivity index (χ4v) is 3.04. The maximum atomic E-state index is 9.80.